The van der Waals surface area contributed by atoms with E-state index >= 15 is 0 Å². The average molecular weight is 398 g/mol. The minimum Gasteiger partial charge on any atom is -0.440 e. The second-order valence-corrected chi connectivity index (χ2v) is 8.04. The molecule has 0 saturated heterocycles. The molecule has 4 aromatic rings. The molecule has 4 rings (SSSR count). The standard InChI is InChI=1S/C20H20ClN5O2/c1-20(2,3)18-25-15-8-13(5-6-16(15)28-18)24-19(27)22-9-14-11-26-10-12(21)4-7-17(26)23-14/h4-8,10-11H,9H2,1-3H3,(H2,22,24,27). The third kappa shape index (κ3) is 3.80. The molecule has 2 amide bonds. The van der Waals surface area contributed by atoms with Gasteiger partial charge in [0.25, 0.3) is 0 Å². The molecule has 28 heavy (non-hydrogen) atoms. The first-order valence-corrected chi connectivity index (χ1v) is 9.25. The number of rotatable bonds is 3. The Morgan fingerprint density at radius 3 is 2.79 bits per heavy atom. The van der Waals surface area contributed by atoms with Gasteiger partial charge in [0.15, 0.2) is 5.58 Å². The van der Waals surface area contributed by atoms with Crippen LogP contribution in [0.15, 0.2) is 47.1 Å². The molecular formula is C20H20ClN5O2. The number of hydrogen-bond acceptors (Lipinski definition) is 4. The lowest BCUT2D eigenvalue weighted by atomic mass is 9.97. The molecule has 8 heteroatoms. The number of anilines is 1. The van der Waals surface area contributed by atoms with Crippen LogP contribution in [0.3, 0.4) is 0 Å². The van der Waals surface area contributed by atoms with E-state index in [9.17, 15) is 4.79 Å². The molecule has 3 heterocycles. The summed E-state index contributed by atoms with van der Waals surface area (Å²) in [4.78, 5) is 21.2. The van der Waals surface area contributed by atoms with E-state index in [1.54, 1.807) is 30.5 Å². The third-order valence-corrected chi connectivity index (χ3v) is 4.41. The number of imidazole rings is 1. The van der Waals surface area contributed by atoms with Crippen molar-refractivity contribution in [1.82, 2.24) is 19.7 Å². The Morgan fingerprint density at radius 2 is 2.00 bits per heavy atom. The molecule has 2 N–H and O–H groups in total. The molecule has 0 aliphatic carbocycles. The van der Waals surface area contributed by atoms with Crippen LogP contribution in [0.25, 0.3) is 16.7 Å². The first-order valence-electron chi connectivity index (χ1n) is 8.87. The molecule has 1 aromatic carbocycles. The van der Waals surface area contributed by atoms with Crippen molar-refractivity contribution in [2.75, 3.05) is 5.32 Å². The Hall–Kier alpha value is -3.06. The molecule has 0 aliphatic rings. The highest BCUT2D eigenvalue weighted by molar-refractivity contribution is 6.30. The van der Waals surface area contributed by atoms with Crippen LogP contribution in [0.5, 0.6) is 0 Å². The van der Waals surface area contributed by atoms with Gasteiger partial charge in [-0.2, -0.15) is 0 Å². The van der Waals surface area contributed by atoms with Gasteiger partial charge < -0.3 is 19.5 Å². The van der Waals surface area contributed by atoms with Gasteiger partial charge in [-0.25, -0.2) is 14.8 Å². The van der Waals surface area contributed by atoms with E-state index in [-0.39, 0.29) is 11.4 Å². The lowest BCUT2D eigenvalue weighted by Crippen LogP contribution is -2.28. The molecule has 0 fully saturated rings. The molecule has 0 unspecified atom stereocenters. The van der Waals surface area contributed by atoms with Crippen LogP contribution in [0.1, 0.15) is 32.4 Å². The monoisotopic (exact) mass is 397 g/mol. The van der Waals surface area contributed by atoms with Crippen molar-refractivity contribution < 1.29 is 9.21 Å². The quantitative estimate of drug-likeness (QED) is 0.522. The van der Waals surface area contributed by atoms with Gasteiger partial charge in [-0.15, -0.1) is 0 Å². The minimum absolute atomic E-state index is 0.178. The smallest absolute Gasteiger partial charge is 0.319 e. The zero-order valence-corrected chi connectivity index (χ0v) is 16.5. The van der Waals surface area contributed by atoms with Gasteiger partial charge in [0.1, 0.15) is 11.2 Å². The number of aromatic nitrogens is 3. The van der Waals surface area contributed by atoms with Crippen molar-refractivity contribution >= 4 is 40.1 Å². The second kappa shape index (κ2) is 6.83. The maximum Gasteiger partial charge on any atom is 0.319 e. The average Bonchev–Trinajstić information content (AvgIpc) is 3.22. The van der Waals surface area contributed by atoms with Crippen molar-refractivity contribution in [3.63, 3.8) is 0 Å². The summed E-state index contributed by atoms with van der Waals surface area (Å²) >= 11 is 5.97. The van der Waals surface area contributed by atoms with Crippen molar-refractivity contribution in [3.8, 4) is 0 Å². The summed E-state index contributed by atoms with van der Waals surface area (Å²) in [5.41, 5.74) is 3.37. The molecular weight excluding hydrogens is 378 g/mol. The van der Waals surface area contributed by atoms with E-state index in [1.165, 1.54) is 0 Å². The van der Waals surface area contributed by atoms with Crippen LogP contribution >= 0.6 is 11.6 Å². The molecule has 0 saturated carbocycles. The Kier molecular flexibility index (Phi) is 4.47. The number of carbonyl (C=O) groups excluding carboxylic acids is 1. The van der Waals surface area contributed by atoms with Gasteiger partial charge in [-0.05, 0) is 30.3 Å². The molecule has 0 atom stereocenters. The van der Waals surface area contributed by atoms with Crippen molar-refractivity contribution in [2.24, 2.45) is 0 Å². The van der Waals surface area contributed by atoms with Gasteiger partial charge in [0, 0.05) is 23.5 Å². The van der Waals surface area contributed by atoms with E-state index in [1.807, 2.05) is 37.4 Å². The maximum atomic E-state index is 12.2. The maximum absolute atomic E-state index is 12.2. The van der Waals surface area contributed by atoms with E-state index < -0.39 is 0 Å². The highest BCUT2D eigenvalue weighted by Gasteiger charge is 2.21. The number of pyridine rings is 1. The van der Waals surface area contributed by atoms with Crippen molar-refractivity contribution in [3.05, 3.63) is 59.3 Å². The number of nitrogens with zero attached hydrogens (tertiary/aromatic N) is 3. The molecule has 3 aromatic heterocycles. The van der Waals surface area contributed by atoms with Crippen LogP contribution in [-0.4, -0.2) is 20.4 Å². The Bertz CT molecular complexity index is 1170. The van der Waals surface area contributed by atoms with Gasteiger partial charge in [-0.1, -0.05) is 32.4 Å². The lowest BCUT2D eigenvalue weighted by molar-refractivity contribution is 0.251. The zero-order chi connectivity index (χ0) is 19.9. The van der Waals surface area contributed by atoms with Crippen molar-refractivity contribution in [1.29, 1.82) is 0 Å². The van der Waals surface area contributed by atoms with Gasteiger partial charge >= 0.3 is 6.03 Å². The third-order valence-electron chi connectivity index (χ3n) is 4.18. The van der Waals surface area contributed by atoms with Crippen LogP contribution < -0.4 is 10.6 Å². The van der Waals surface area contributed by atoms with Crippen molar-refractivity contribution in [2.45, 2.75) is 32.7 Å². The number of hydrogen-bond donors (Lipinski definition) is 2. The SMILES string of the molecule is CC(C)(C)c1nc2cc(NC(=O)NCc3cn4cc(Cl)ccc4n3)ccc2o1. The first kappa shape index (κ1) is 18.3. The van der Waals surface area contributed by atoms with E-state index in [0.717, 1.165) is 11.3 Å². The highest BCUT2D eigenvalue weighted by Crippen LogP contribution is 2.27. The predicted molar refractivity (Wildman–Crippen MR) is 109 cm³/mol. The zero-order valence-electron chi connectivity index (χ0n) is 15.8. The fourth-order valence-electron chi connectivity index (χ4n) is 2.77. The van der Waals surface area contributed by atoms with Gasteiger partial charge in [-0.3, -0.25) is 0 Å². The molecule has 144 valence electrons. The minimum atomic E-state index is -0.325. The molecule has 0 aliphatic heterocycles. The summed E-state index contributed by atoms with van der Waals surface area (Å²) in [6.07, 6.45) is 3.60. The number of benzene rings is 1. The molecule has 0 radical (unpaired) electrons. The van der Waals surface area contributed by atoms with Crippen LogP contribution in [0.4, 0.5) is 10.5 Å². The number of nitrogens with one attached hydrogen (secondary N) is 2. The molecule has 0 spiro atoms. The summed E-state index contributed by atoms with van der Waals surface area (Å²) in [6, 6.07) is 8.66. The number of amides is 2. The van der Waals surface area contributed by atoms with E-state index in [2.05, 4.69) is 20.6 Å². The van der Waals surface area contributed by atoms with E-state index in [4.69, 9.17) is 16.0 Å². The Balaban J connectivity index is 1.42. The van der Waals surface area contributed by atoms with Gasteiger partial charge in [0.05, 0.1) is 17.3 Å². The largest absolute Gasteiger partial charge is 0.440 e. The number of urea groups is 1. The topological polar surface area (TPSA) is 84.5 Å². The summed E-state index contributed by atoms with van der Waals surface area (Å²) < 4.78 is 7.60. The lowest BCUT2D eigenvalue weighted by Gasteiger charge is -2.11. The van der Waals surface area contributed by atoms with Crippen LogP contribution in [-0.2, 0) is 12.0 Å². The number of oxazole rings is 1. The number of fused-ring (bicyclic) bond motifs is 2. The summed E-state index contributed by atoms with van der Waals surface area (Å²) in [7, 11) is 0. The molecule has 7 nitrogen and oxygen atoms in total. The Morgan fingerprint density at radius 1 is 1.18 bits per heavy atom. The number of halogens is 1. The first-order chi connectivity index (χ1) is 13.3. The Labute approximate surface area is 166 Å². The summed E-state index contributed by atoms with van der Waals surface area (Å²) in [5, 5.41) is 6.23. The summed E-state index contributed by atoms with van der Waals surface area (Å²) in [6.45, 7) is 6.41. The second-order valence-electron chi connectivity index (χ2n) is 7.60. The fraction of sp³-hybridized carbons (Fsp3) is 0.250. The fourth-order valence-corrected chi connectivity index (χ4v) is 2.94. The van der Waals surface area contributed by atoms with Crippen LogP contribution in [0.2, 0.25) is 5.02 Å². The molecule has 0 bridgehead atoms. The number of carbonyl (C=O) groups is 1. The van der Waals surface area contributed by atoms with Crippen LogP contribution in [0, 0.1) is 0 Å². The normalized spacial score (nSPS) is 11.9. The highest BCUT2D eigenvalue weighted by atomic mass is 35.5. The predicted octanol–water partition coefficient (Wildman–Crippen LogP) is 4.75. The van der Waals surface area contributed by atoms with E-state index in [0.29, 0.717) is 34.2 Å². The summed E-state index contributed by atoms with van der Waals surface area (Å²) in [5.74, 6) is 0.663. The van der Waals surface area contributed by atoms with Gasteiger partial charge in [0.2, 0.25) is 5.89 Å².